The third-order valence-electron chi connectivity index (χ3n) is 2.31. The Kier molecular flexibility index (Phi) is 6.89. The van der Waals surface area contributed by atoms with Gasteiger partial charge in [-0.2, -0.15) is 0 Å². The average molecular weight is 340 g/mol. The van der Waals surface area contributed by atoms with E-state index in [1.807, 2.05) is 0 Å². The molecule has 0 fully saturated rings. The van der Waals surface area contributed by atoms with Gasteiger partial charge in [-0.15, -0.1) is 11.8 Å². The maximum Gasteiger partial charge on any atom is 0.414 e. The molecule has 0 atom stereocenters. The van der Waals surface area contributed by atoms with Gasteiger partial charge in [0.15, 0.2) is 0 Å². The van der Waals surface area contributed by atoms with Crippen LogP contribution in [0.2, 0.25) is 0 Å². The lowest BCUT2D eigenvalue weighted by atomic mass is 10.2. The molecule has 8 heteroatoms. The van der Waals surface area contributed by atoms with Crippen LogP contribution in [0, 0.1) is 0 Å². The first kappa shape index (κ1) is 18.8. The van der Waals surface area contributed by atoms with Gasteiger partial charge in [-0.1, -0.05) is 0 Å². The summed E-state index contributed by atoms with van der Waals surface area (Å²) in [7, 11) is 0. The molecule has 0 bridgehead atoms. The minimum absolute atomic E-state index is 0.0706. The molecule has 0 aliphatic rings. The molecule has 0 radical (unpaired) electrons. The molecule has 2 amide bonds. The van der Waals surface area contributed by atoms with Gasteiger partial charge in [-0.05, 0) is 45.0 Å². The minimum atomic E-state index is -0.942. The van der Waals surface area contributed by atoms with Crippen LogP contribution in [0.3, 0.4) is 0 Å². The predicted octanol–water partition coefficient (Wildman–Crippen LogP) is 2.33. The molecule has 7 nitrogen and oxygen atoms in total. The first-order valence-corrected chi connectivity index (χ1v) is 7.85. The van der Waals surface area contributed by atoms with Crippen LogP contribution in [0.5, 0.6) is 0 Å². The van der Waals surface area contributed by atoms with Gasteiger partial charge in [0.2, 0.25) is 5.91 Å². The number of carboxylic acid groups (broad SMARTS) is 1. The lowest BCUT2D eigenvalue weighted by Crippen LogP contribution is -2.37. The Labute approximate surface area is 138 Å². The van der Waals surface area contributed by atoms with Gasteiger partial charge in [-0.3, -0.25) is 14.9 Å². The number of thioether (sulfide) groups is 1. The van der Waals surface area contributed by atoms with E-state index in [0.29, 0.717) is 5.69 Å². The highest BCUT2D eigenvalue weighted by Gasteiger charge is 2.18. The van der Waals surface area contributed by atoms with E-state index in [0.717, 1.165) is 4.90 Å². The quantitative estimate of drug-likeness (QED) is 0.683. The second-order valence-corrected chi connectivity index (χ2v) is 6.66. The summed E-state index contributed by atoms with van der Waals surface area (Å²) >= 11 is 1.26. The van der Waals surface area contributed by atoms with Gasteiger partial charge in [-0.25, -0.2) is 4.79 Å². The average Bonchev–Trinajstić information content (AvgIpc) is 2.41. The van der Waals surface area contributed by atoms with Crippen molar-refractivity contribution >= 4 is 35.4 Å². The normalized spacial score (nSPS) is 10.7. The third kappa shape index (κ3) is 8.72. The van der Waals surface area contributed by atoms with Crippen molar-refractivity contribution in [1.29, 1.82) is 0 Å². The number of carboxylic acids is 1. The van der Waals surface area contributed by atoms with E-state index in [1.165, 1.54) is 11.8 Å². The van der Waals surface area contributed by atoms with Gasteiger partial charge in [0.05, 0.1) is 5.75 Å². The van der Waals surface area contributed by atoms with Crippen molar-refractivity contribution in [1.82, 2.24) is 5.32 Å². The lowest BCUT2D eigenvalue weighted by Gasteiger charge is -2.19. The molecule has 0 saturated carbocycles. The van der Waals surface area contributed by atoms with E-state index in [1.54, 1.807) is 45.0 Å². The Morgan fingerprint density at radius 1 is 1.17 bits per heavy atom. The van der Waals surface area contributed by atoms with Crippen LogP contribution in [0.4, 0.5) is 10.5 Å². The van der Waals surface area contributed by atoms with E-state index in [4.69, 9.17) is 9.84 Å². The van der Waals surface area contributed by atoms with Crippen molar-refractivity contribution < 1.29 is 24.2 Å². The summed E-state index contributed by atoms with van der Waals surface area (Å²) in [6.07, 6.45) is -0.767. The molecule has 1 rings (SSSR count). The summed E-state index contributed by atoms with van der Waals surface area (Å²) in [4.78, 5) is 34.3. The molecule has 0 saturated heterocycles. The fraction of sp³-hybridized carbons (Fsp3) is 0.400. The molecular weight excluding hydrogens is 320 g/mol. The molecule has 23 heavy (non-hydrogen) atoms. The third-order valence-corrected chi connectivity index (χ3v) is 3.32. The lowest BCUT2D eigenvalue weighted by molar-refractivity contribution is -0.135. The molecule has 0 spiro atoms. The molecule has 126 valence electrons. The SMILES string of the molecule is CC(C)(C)OC(=O)NC(=O)CSc1ccc(NCC(=O)O)cc1. The molecule has 0 aliphatic heterocycles. The number of hydrogen-bond acceptors (Lipinski definition) is 6. The minimum Gasteiger partial charge on any atom is -0.480 e. The molecule has 1 aromatic rings. The van der Waals surface area contributed by atoms with E-state index in [-0.39, 0.29) is 12.3 Å². The van der Waals surface area contributed by atoms with Gasteiger partial charge in [0.25, 0.3) is 0 Å². The second kappa shape index (κ2) is 8.42. The standard InChI is InChI=1S/C15H20N2O5S/c1-15(2,3)22-14(21)17-12(18)9-23-11-6-4-10(5-7-11)16-8-13(19)20/h4-7,16H,8-9H2,1-3H3,(H,19,20)(H,17,18,21). The zero-order chi connectivity index (χ0) is 17.5. The summed E-state index contributed by atoms with van der Waals surface area (Å²) in [6.45, 7) is 4.98. The Bertz CT molecular complexity index is 566. The number of aliphatic carboxylic acids is 1. The predicted molar refractivity (Wildman–Crippen MR) is 87.7 cm³/mol. The first-order valence-electron chi connectivity index (χ1n) is 6.87. The fourth-order valence-electron chi connectivity index (χ4n) is 1.45. The number of ether oxygens (including phenoxy) is 1. The van der Waals surface area contributed by atoms with Crippen LogP contribution in [0.15, 0.2) is 29.2 Å². The second-order valence-electron chi connectivity index (χ2n) is 5.61. The highest BCUT2D eigenvalue weighted by molar-refractivity contribution is 8.00. The summed E-state index contributed by atoms with van der Waals surface area (Å²) in [6, 6.07) is 6.96. The molecule has 0 unspecified atom stereocenters. The van der Waals surface area contributed by atoms with Crippen molar-refractivity contribution in [3.63, 3.8) is 0 Å². The van der Waals surface area contributed by atoms with Crippen molar-refractivity contribution in [2.45, 2.75) is 31.3 Å². The molecule has 0 heterocycles. The molecule has 1 aromatic carbocycles. The van der Waals surface area contributed by atoms with E-state index >= 15 is 0 Å². The van der Waals surface area contributed by atoms with Gasteiger partial charge >= 0.3 is 12.1 Å². The Balaban J connectivity index is 2.38. The largest absolute Gasteiger partial charge is 0.480 e. The summed E-state index contributed by atoms with van der Waals surface area (Å²) < 4.78 is 4.99. The number of rotatable bonds is 6. The van der Waals surface area contributed by atoms with Gasteiger partial charge in [0, 0.05) is 10.6 Å². The fourth-order valence-corrected chi connectivity index (χ4v) is 2.15. The summed E-state index contributed by atoms with van der Waals surface area (Å²) in [5, 5.41) is 13.5. The monoisotopic (exact) mass is 340 g/mol. The number of imide groups is 1. The Morgan fingerprint density at radius 2 is 1.78 bits per heavy atom. The van der Waals surface area contributed by atoms with Crippen LogP contribution in [0.25, 0.3) is 0 Å². The smallest absolute Gasteiger partial charge is 0.414 e. The number of amides is 2. The molecule has 0 aromatic heterocycles. The zero-order valence-electron chi connectivity index (χ0n) is 13.2. The number of nitrogens with one attached hydrogen (secondary N) is 2. The molecule has 3 N–H and O–H groups in total. The summed E-state index contributed by atoms with van der Waals surface area (Å²) in [5.74, 6) is -1.32. The topological polar surface area (TPSA) is 105 Å². The van der Waals surface area contributed by atoms with E-state index in [9.17, 15) is 14.4 Å². The van der Waals surface area contributed by atoms with Crippen LogP contribution in [-0.2, 0) is 14.3 Å². The van der Waals surface area contributed by atoms with Crippen LogP contribution < -0.4 is 10.6 Å². The maximum absolute atomic E-state index is 11.6. The van der Waals surface area contributed by atoms with Gasteiger partial charge in [0.1, 0.15) is 12.1 Å². The van der Waals surface area contributed by atoms with E-state index < -0.39 is 23.6 Å². The van der Waals surface area contributed by atoms with Crippen LogP contribution in [-0.4, -0.2) is 41.0 Å². The van der Waals surface area contributed by atoms with Gasteiger partial charge < -0.3 is 15.2 Å². The molecular formula is C15H20N2O5S. The Morgan fingerprint density at radius 3 is 2.30 bits per heavy atom. The Hall–Kier alpha value is -2.22. The van der Waals surface area contributed by atoms with E-state index in [2.05, 4.69) is 10.6 Å². The maximum atomic E-state index is 11.6. The highest BCUT2D eigenvalue weighted by atomic mass is 32.2. The van der Waals surface area contributed by atoms with Crippen molar-refractivity contribution in [3.05, 3.63) is 24.3 Å². The van der Waals surface area contributed by atoms with Crippen molar-refractivity contribution in [2.75, 3.05) is 17.6 Å². The number of carbonyl (C=O) groups excluding carboxylic acids is 2. The zero-order valence-corrected chi connectivity index (χ0v) is 14.0. The van der Waals surface area contributed by atoms with Crippen molar-refractivity contribution in [3.8, 4) is 0 Å². The number of alkyl carbamates (subject to hydrolysis) is 1. The highest BCUT2D eigenvalue weighted by Crippen LogP contribution is 2.20. The van der Waals surface area contributed by atoms with Crippen LogP contribution >= 0.6 is 11.8 Å². The van der Waals surface area contributed by atoms with Crippen LogP contribution in [0.1, 0.15) is 20.8 Å². The van der Waals surface area contributed by atoms with Crippen molar-refractivity contribution in [2.24, 2.45) is 0 Å². The number of carbonyl (C=O) groups is 3. The first-order chi connectivity index (χ1) is 10.7. The number of benzene rings is 1. The molecule has 0 aliphatic carbocycles. The summed E-state index contributed by atoms with van der Waals surface area (Å²) in [5.41, 5.74) is 0.0194. The number of hydrogen-bond donors (Lipinski definition) is 3. The number of anilines is 1.